The van der Waals surface area contributed by atoms with Crippen LogP contribution in [0.4, 0.5) is 0 Å². The van der Waals surface area contributed by atoms with E-state index >= 15 is 0 Å². The van der Waals surface area contributed by atoms with E-state index in [1.54, 1.807) is 0 Å². The predicted octanol–water partition coefficient (Wildman–Crippen LogP) is 1.74. The summed E-state index contributed by atoms with van der Waals surface area (Å²) in [6.45, 7) is 9.52. The van der Waals surface area contributed by atoms with E-state index in [9.17, 15) is 16.8 Å². The third kappa shape index (κ3) is 6.72. The molecule has 2 saturated heterocycles. The zero-order chi connectivity index (χ0) is 22.5. The molecular weight excluding hydrogens is 438 g/mol. The molecule has 2 aliphatic heterocycles. The summed E-state index contributed by atoms with van der Waals surface area (Å²) in [7, 11) is -7.30. The van der Waals surface area contributed by atoms with Crippen LogP contribution in [0.25, 0.3) is 0 Å². The number of hydrogen-bond donors (Lipinski definition) is 1. The third-order valence-electron chi connectivity index (χ3n) is 5.88. The Morgan fingerprint density at radius 3 is 2.13 bits per heavy atom. The Morgan fingerprint density at radius 2 is 1.52 bits per heavy atom. The van der Waals surface area contributed by atoms with Gasteiger partial charge in [0.05, 0.1) is 23.0 Å². The number of ether oxygens (including phenoxy) is 1. The van der Waals surface area contributed by atoms with E-state index in [0.29, 0.717) is 32.8 Å². The normalized spacial score (nSPS) is 24.3. The smallest absolute Gasteiger partial charge is 0.243 e. The molecule has 2 fully saturated rings. The van der Waals surface area contributed by atoms with Gasteiger partial charge < -0.3 is 9.64 Å². The second kappa shape index (κ2) is 10.7. The number of hydrogen-bond acceptors (Lipinski definition) is 6. The predicted molar refractivity (Wildman–Crippen MR) is 120 cm³/mol. The van der Waals surface area contributed by atoms with Gasteiger partial charge in [-0.1, -0.05) is 13.8 Å². The highest BCUT2D eigenvalue weighted by molar-refractivity contribution is 7.89. The van der Waals surface area contributed by atoms with Gasteiger partial charge in [-0.25, -0.2) is 21.6 Å². The van der Waals surface area contributed by atoms with Crippen molar-refractivity contribution in [2.45, 2.75) is 42.9 Å². The maximum Gasteiger partial charge on any atom is 0.243 e. The van der Waals surface area contributed by atoms with Crippen LogP contribution in [0.15, 0.2) is 34.1 Å². The van der Waals surface area contributed by atoms with Crippen molar-refractivity contribution in [3.63, 3.8) is 0 Å². The van der Waals surface area contributed by atoms with Gasteiger partial charge in [-0.2, -0.15) is 4.31 Å². The van der Waals surface area contributed by atoms with Crippen molar-refractivity contribution < 1.29 is 21.6 Å². The molecule has 0 amide bonds. The lowest BCUT2D eigenvalue weighted by Crippen LogP contribution is -2.40. The van der Waals surface area contributed by atoms with Crippen molar-refractivity contribution in [1.82, 2.24) is 13.9 Å². The summed E-state index contributed by atoms with van der Waals surface area (Å²) in [6.07, 6.45) is 2.99. The number of nitrogens with zero attached hydrogens (tertiary/aromatic N) is 2. The van der Waals surface area contributed by atoms with Gasteiger partial charge >= 0.3 is 0 Å². The van der Waals surface area contributed by atoms with Crippen LogP contribution in [0.2, 0.25) is 0 Å². The van der Waals surface area contributed by atoms with Crippen molar-refractivity contribution in [2.24, 2.45) is 11.8 Å². The molecule has 1 N–H and O–H groups in total. The molecule has 3 rings (SSSR count). The molecule has 0 spiro atoms. The van der Waals surface area contributed by atoms with E-state index in [1.165, 1.54) is 35.0 Å². The SMILES string of the molecule is CC1CC(C)CN(CCCCNS(=O)(=O)c2ccc(S(=O)(=O)N3CCOCC3)cc2)C1. The van der Waals surface area contributed by atoms with Gasteiger partial charge in [0.15, 0.2) is 0 Å². The fourth-order valence-corrected chi connectivity index (χ4v) is 6.93. The molecule has 2 atom stereocenters. The zero-order valence-corrected chi connectivity index (χ0v) is 20.1. The van der Waals surface area contributed by atoms with Crippen LogP contribution < -0.4 is 4.72 Å². The number of unbranched alkanes of at least 4 members (excludes halogenated alkanes) is 1. The Hall–Kier alpha value is -1.04. The van der Waals surface area contributed by atoms with Crippen LogP contribution in [0.1, 0.15) is 33.1 Å². The summed E-state index contributed by atoms with van der Waals surface area (Å²) in [5, 5.41) is 0. The summed E-state index contributed by atoms with van der Waals surface area (Å²) in [5.74, 6) is 1.44. The second-order valence-electron chi connectivity index (χ2n) is 8.80. The average molecular weight is 474 g/mol. The van der Waals surface area contributed by atoms with E-state index in [4.69, 9.17) is 4.74 Å². The number of morpholine rings is 1. The molecule has 10 heteroatoms. The third-order valence-corrected chi connectivity index (χ3v) is 9.27. The van der Waals surface area contributed by atoms with Gasteiger partial charge in [-0.15, -0.1) is 0 Å². The molecule has 2 unspecified atom stereocenters. The van der Waals surface area contributed by atoms with Crippen LogP contribution in [-0.2, 0) is 24.8 Å². The minimum absolute atomic E-state index is 0.0760. The number of benzene rings is 1. The van der Waals surface area contributed by atoms with E-state index in [-0.39, 0.29) is 9.79 Å². The van der Waals surface area contributed by atoms with Gasteiger partial charge in [0.25, 0.3) is 0 Å². The highest BCUT2D eigenvalue weighted by Gasteiger charge is 2.27. The van der Waals surface area contributed by atoms with Crippen LogP contribution in [0.3, 0.4) is 0 Å². The van der Waals surface area contributed by atoms with Gasteiger partial charge in [-0.3, -0.25) is 0 Å². The lowest BCUT2D eigenvalue weighted by molar-refractivity contribution is 0.0730. The van der Waals surface area contributed by atoms with Crippen molar-refractivity contribution in [2.75, 3.05) is 52.5 Å². The Labute approximate surface area is 187 Å². The molecule has 2 aliphatic rings. The molecule has 0 bridgehead atoms. The van der Waals surface area contributed by atoms with Gasteiger partial charge in [-0.05, 0) is 61.9 Å². The first kappa shape index (κ1) is 24.6. The molecular formula is C21H35N3O5S2. The molecule has 0 saturated carbocycles. The van der Waals surface area contributed by atoms with E-state index in [2.05, 4.69) is 23.5 Å². The molecule has 1 aromatic rings. The van der Waals surface area contributed by atoms with Crippen molar-refractivity contribution >= 4 is 20.0 Å². The maximum atomic E-state index is 12.7. The Morgan fingerprint density at radius 1 is 0.935 bits per heavy atom. The van der Waals surface area contributed by atoms with Gasteiger partial charge in [0.2, 0.25) is 20.0 Å². The molecule has 176 valence electrons. The average Bonchev–Trinajstić information content (AvgIpc) is 2.73. The summed E-state index contributed by atoms with van der Waals surface area (Å²) in [5.41, 5.74) is 0. The largest absolute Gasteiger partial charge is 0.379 e. The number of nitrogens with one attached hydrogen (secondary N) is 1. The van der Waals surface area contributed by atoms with E-state index in [1.807, 2.05) is 0 Å². The highest BCUT2D eigenvalue weighted by Crippen LogP contribution is 2.21. The van der Waals surface area contributed by atoms with Crippen LogP contribution >= 0.6 is 0 Å². The van der Waals surface area contributed by atoms with E-state index < -0.39 is 20.0 Å². The second-order valence-corrected chi connectivity index (χ2v) is 12.5. The van der Waals surface area contributed by atoms with Crippen LogP contribution in [-0.4, -0.2) is 78.5 Å². The Balaban J connectivity index is 1.48. The maximum absolute atomic E-state index is 12.7. The van der Waals surface area contributed by atoms with Gasteiger partial charge in [0, 0.05) is 32.7 Å². The lowest BCUT2D eigenvalue weighted by atomic mass is 9.92. The summed E-state index contributed by atoms with van der Waals surface area (Å²) in [6, 6.07) is 5.43. The van der Waals surface area contributed by atoms with Crippen molar-refractivity contribution in [3.8, 4) is 0 Å². The molecule has 1 aromatic carbocycles. The fourth-order valence-electron chi connectivity index (χ4n) is 4.45. The molecule has 2 heterocycles. The monoisotopic (exact) mass is 473 g/mol. The summed E-state index contributed by atoms with van der Waals surface area (Å²) < 4.78 is 59.6. The highest BCUT2D eigenvalue weighted by atomic mass is 32.2. The summed E-state index contributed by atoms with van der Waals surface area (Å²) >= 11 is 0. The van der Waals surface area contributed by atoms with Gasteiger partial charge in [0.1, 0.15) is 0 Å². The molecule has 31 heavy (non-hydrogen) atoms. The van der Waals surface area contributed by atoms with Crippen LogP contribution in [0, 0.1) is 11.8 Å². The molecule has 0 aromatic heterocycles. The van der Waals surface area contributed by atoms with Crippen molar-refractivity contribution in [3.05, 3.63) is 24.3 Å². The first-order chi connectivity index (χ1) is 14.7. The van der Waals surface area contributed by atoms with Crippen LogP contribution in [0.5, 0.6) is 0 Å². The first-order valence-corrected chi connectivity index (χ1v) is 14.0. The van der Waals surface area contributed by atoms with Crippen molar-refractivity contribution in [1.29, 1.82) is 0 Å². The number of sulfonamides is 2. The standard InChI is InChI=1S/C21H35N3O5S2/c1-18-15-19(2)17-23(16-18)10-4-3-9-22-30(25,26)20-5-7-21(8-6-20)31(27,28)24-11-13-29-14-12-24/h5-8,18-19,22H,3-4,9-17H2,1-2H3. The number of likely N-dealkylation sites (tertiary alicyclic amines) is 1. The minimum atomic E-state index is -3.66. The first-order valence-electron chi connectivity index (χ1n) is 11.1. The molecule has 0 aliphatic carbocycles. The minimum Gasteiger partial charge on any atom is -0.379 e. The lowest BCUT2D eigenvalue weighted by Gasteiger charge is -2.34. The number of rotatable bonds is 9. The topological polar surface area (TPSA) is 96.0 Å². The molecule has 0 radical (unpaired) electrons. The van der Waals surface area contributed by atoms with E-state index in [0.717, 1.165) is 44.3 Å². The fraction of sp³-hybridized carbons (Fsp3) is 0.714. The number of piperidine rings is 1. The Kier molecular flexibility index (Phi) is 8.51. The molecule has 8 nitrogen and oxygen atoms in total. The Bertz CT molecular complexity index is 903. The zero-order valence-electron chi connectivity index (χ0n) is 18.5. The summed E-state index contributed by atoms with van der Waals surface area (Å²) in [4.78, 5) is 2.64. The quantitative estimate of drug-likeness (QED) is 0.549.